The molecular weight excluding hydrogens is 332 g/mol. The van der Waals surface area contributed by atoms with Gasteiger partial charge in [-0.2, -0.15) is 5.26 Å². The van der Waals surface area contributed by atoms with E-state index in [2.05, 4.69) is 6.07 Å². The van der Waals surface area contributed by atoms with Crippen molar-refractivity contribution in [1.29, 1.82) is 5.26 Å². The highest BCUT2D eigenvalue weighted by atomic mass is 16.5. The molecule has 27 heavy (non-hydrogen) atoms. The standard InChI is InChI=1S/C24H20N2O/c1-23(18-11-5-2-6-12-18)24(19-13-7-3-8-14-19,20-15-9-4-10-16-20)21(17-25)22(26)27-23/h2-16H,26H2,1H3. The topological polar surface area (TPSA) is 59.0 Å². The Kier molecular flexibility index (Phi) is 3.97. The maximum Gasteiger partial charge on any atom is 0.200 e. The second-order valence-corrected chi connectivity index (χ2v) is 6.83. The van der Waals surface area contributed by atoms with E-state index in [1.165, 1.54) is 0 Å². The smallest absolute Gasteiger partial charge is 0.200 e. The van der Waals surface area contributed by atoms with Crippen LogP contribution in [0.1, 0.15) is 23.6 Å². The second-order valence-electron chi connectivity index (χ2n) is 6.83. The number of ether oxygens (including phenoxy) is 1. The molecule has 4 rings (SSSR count). The molecule has 3 nitrogen and oxygen atoms in total. The van der Waals surface area contributed by atoms with E-state index in [-0.39, 0.29) is 5.88 Å². The Morgan fingerprint density at radius 1 is 0.741 bits per heavy atom. The second kappa shape index (κ2) is 6.34. The number of hydrogen-bond acceptors (Lipinski definition) is 3. The van der Waals surface area contributed by atoms with Crippen LogP contribution in [0.3, 0.4) is 0 Å². The van der Waals surface area contributed by atoms with Crippen molar-refractivity contribution in [3.8, 4) is 6.07 Å². The summed E-state index contributed by atoms with van der Waals surface area (Å²) in [7, 11) is 0. The van der Waals surface area contributed by atoms with Gasteiger partial charge in [-0.25, -0.2) is 0 Å². The van der Waals surface area contributed by atoms with Gasteiger partial charge in [0.1, 0.15) is 17.1 Å². The van der Waals surface area contributed by atoms with Gasteiger partial charge < -0.3 is 10.5 Å². The fourth-order valence-corrected chi connectivity index (χ4v) is 4.32. The van der Waals surface area contributed by atoms with Crippen LogP contribution in [-0.2, 0) is 15.8 Å². The van der Waals surface area contributed by atoms with Crippen LogP contribution in [0, 0.1) is 11.3 Å². The summed E-state index contributed by atoms with van der Waals surface area (Å²) < 4.78 is 6.30. The summed E-state index contributed by atoms with van der Waals surface area (Å²) in [5, 5.41) is 10.1. The van der Waals surface area contributed by atoms with Crippen LogP contribution in [0.4, 0.5) is 0 Å². The van der Waals surface area contributed by atoms with Crippen molar-refractivity contribution in [2.45, 2.75) is 17.9 Å². The van der Waals surface area contributed by atoms with Gasteiger partial charge in [0.2, 0.25) is 5.88 Å². The molecule has 1 aliphatic heterocycles. The predicted molar refractivity (Wildman–Crippen MR) is 105 cm³/mol. The Morgan fingerprint density at radius 3 is 1.56 bits per heavy atom. The number of benzene rings is 3. The lowest BCUT2D eigenvalue weighted by Gasteiger charge is -2.43. The largest absolute Gasteiger partial charge is 0.466 e. The molecule has 0 aromatic heterocycles. The van der Waals surface area contributed by atoms with Crippen LogP contribution >= 0.6 is 0 Å². The molecule has 0 amide bonds. The maximum atomic E-state index is 10.1. The fraction of sp³-hybridized carbons (Fsp3) is 0.125. The van der Waals surface area contributed by atoms with E-state index in [0.717, 1.165) is 16.7 Å². The van der Waals surface area contributed by atoms with E-state index in [1.807, 2.05) is 97.9 Å². The molecular formula is C24H20N2O. The summed E-state index contributed by atoms with van der Waals surface area (Å²) in [4.78, 5) is 0. The van der Waals surface area contributed by atoms with Crippen molar-refractivity contribution in [3.63, 3.8) is 0 Å². The summed E-state index contributed by atoms with van der Waals surface area (Å²) >= 11 is 0. The molecule has 0 radical (unpaired) electrons. The van der Waals surface area contributed by atoms with E-state index in [1.54, 1.807) is 0 Å². The Bertz CT molecular complexity index is 981. The van der Waals surface area contributed by atoms with Crippen LogP contribution in [0.25, 0.3) is 0 Å². The predicted octanol–water partition coefficient (Wildman–Crippen LogP) is 4.61. The lowest BCUT2D eigenvalue weighted by Crippen LogP contribution is -2.47. The first-order chi connectivity index (χ1) is 13.1. The summed E-state index contributed by atoms with van der Waals surface area (Å²) in [5.74, 6) is 0.177. The number of nitrogens with two attached hydrogens (primary N) is 1. The van der Waals surface area contributed by atoms with E-state index >= 15 is 0 Å². The molecule has 3 heteroatoms. The minimum absolute atomic E-state index is 0.177. The van der Waals surface area contributed by atoms with Crippen molar-refractivity contribution in [3.05, 3.63) is 119 Å². The molecule has 2 N–H and O–H groups in total. The molecule has 1 heterocycles. The van der Waals surface area contributed by atoms with Crippen molar-refractivity contribution < 1.29 is 4.74 Å². The molecule has 0 saturated carbocycles. The van der Waals surface area contributed by atoms with Gasteiger partial charge in [0.05, 0.1) is 0 Å². The van der Waals surface area contributed by atoms with Gasteiger partial charge in [0.15, 0.2) is 5.60 Å². The molecule has 0 fully saturated rings. The average molecular weight is 352 g/mol. The van der Waals surface area contributed by atoms with Crippen LogP contribution < -0.4 is 5.73 Å². The van der Waals surface area contributed by atoms with E-state index in [0.29, 0.717) is 5.57 Å². The van der Waals surface area contributed by atoms with E-state index in [4.69, 9.17) is 10.5 Å². The minimum atomic E-state index is -0.869. The molecule has 1 aliphatic rings. The zero-order valence-electron chi connectivity index (χ0n) is 15.1. The first-order valence-corrected chi connectivity index (χ1v) is 8.90. The molecule has 1 unspecified atom stereocenters. The number of hydrogen-bond donors (Lipinski definition) is 1. The molecule has 0 spiro atoms. The zero-order valence-corrected chi connectivity index (χ0v) is 15.1. The zero-order chi connectivity index (χ0) is 18.9. The summed E-state index contributed by atoms with van der Waals surface area (Å²) in [6.07, 6.45) is 0. The van der Waals surface area contributed by atoms with Gasteiger partial charge in [-0.15, -0.1) is 0 Å². The number of rotatable bonds is 3. The van der Waals surface area contributed by atoms with Gasteiger partial charge in [-0.05, 0) is 23.6 Å². The Hall–Kier alpha value is -3.51. The molecule has 132 valence electrons. The van der Waals surface area contributed by atoms with Crippen molar-refractivity contribution in [2.75, 3.05) is 0 Å². The van der Waals surface area contributed by atoms with Crippen LogP contribution in [0.5, 0.6) is 0 Å². The van der Waals surface area contributed by atoms with Gasteiger partial charge >= 0.3 is 0 Å². The number of nitriles is 1. The van der Waals surface area contributed by atoms with E-state index in [9.17, 15) is 5.26 Å². The van der Waals surface area contributed by atoms with E-state index < -0.39 is 11.0 Å². The quantitative estimate of drug-likeness (QED) is 0.749. The van der Waals surface area contributed by atoms with Crippen LogP contribution in [-0.4, -0.2) is 0 Å². The first-order valence-electron chi connectivity index (χ1n) is 8.90. The summed E-state index contributed by atoms with van der Waals surface area (Å²) in [6, 6.07) is 32.3. The van der Waals surface area contributed by atoms with Crippen LogP contribution in [0.15, 0.2) is 102 Å². The molecule has 3 aromatic rings. The fourth-order valence-electron chi connectivity index (χ4n) is 4.32. The third-order valence-corrected chi connectivity index (χ3v) is 5.50. The highest BCUT2D eigenvalue weighted by Crippen LogP contribution is 2.58. The van der Waals surface area contributed by atoms with Crippen molar-refractivity contribution >= 4 is 0 Å². The summed E-state index contributed by atoms with van der Waals surface area (Å²) in [5.41, 5.74) is 7.91. The molecule has 0 bridgehead atoms. The Balaban J connectivity index is 2.14. The van der Waals surface area contributed by atoms with Gasteiger partial charge in [0.25, 0.3) is 0 Å². The lowest BCUT2D eigenvalue weighted by molar-refractivity contribution is 0.000525. The Labute approximate surface area is 159 Å². The Morgan fingerprint density at radius 2 is 1.15 bits per heavy atom. The normalized spacial score (nSPS) is 20.7. The van der Waals surface area contributed by atoms with Gasteiger partial charge in [-0.3, -0.25) is 0 Å². The van der Waals surface area contributed by atoms with Crippen molar-refractivity contribution in [1.82, 2.24) is 0 Å². The van der Waals surface area contributed by atoms with Gasteiger partial charge in [0, 0.05) is 0 Å². The maximum absolute atomic E-state index is 10.1. The van der Waals surface area contributed by atoms with Crippen LogP contribution in [0.2, 0.25) is 0 Å². The number of nitrogens with zero attached hydrogens (tertiary/aromatic N) is 1. The van der Waals surface area contributed by atoms with Crippen molar-refractivity contribution in [2.24, 2.45) is 5.73 Å². The highest BCUT2D eigenvalue weighted by Gasteiger charge is 2.61. The highest BCUT2D eigenvalue weighted by molar-refractivity contribution is 5.61. The first kappa shape index (κ1) is 16.9. The summed E-state index contributed by atoms with van der Waals surface area (Å²) in [6.45, 7) is 2.01. The third kappa shape index (κ3) is 2.27. The minimum Gasteiger partial charge on any atom is -0.466 e. The molecule has 0 saturated heterocycles. The SMILES string of the molecule is CC1(c2ccccc2)OC(N)=C(C#N)C1(c1ccccc1)c1ccccc1. The molecule has 0 aliphatic carbocycles. The van der Waals surface area contributed by atoms with Gasteiger partial charge in [-0.1, -0.05) is 91.0 Å². The lowest BCUT2D eigenvalue weighted by atomic mass is 9.59. The third-order valence-electron chi connectivity index (χ3n) is 5.50. The monoisotopic (exact) mass is 352 g/mol. The molecule has 1 atom stereocenters. The average Bonchev–Trinajstić information content (AvgIpc) is 2.97. The molecule has 3 aromatic carbocycles.